The van der Waals surface area contributed by atoms with E-state index >= 15 is 0 Å². The molecule has 2 aromatic heterocycles. The zero-order valence-corrected chi connectivity index (χ0v) is 33.6. The van der Waals surface area contributed by atoms with Crippen molar-refractivity contribution in [2.24, 2.45) is 4.99 Å². The minimum Gasteiger partial charge on any atom is -0.457 e. The molecule has 12 nitrogen and oxygen atoms in total. The van der Waals surface area contributed by atoms with E-state index < -0.39 is 23.6 Å². The topological polar surface area (TPSA) is 154 Å². The second-order valence-corrected chi connectivity index (χ2v) is 15.8. The van der Waals surface area contributed by atoms with Crippen LogP contribution in [0.4, 0.5) is 0 Å². The fraction of sp³-hybridized carbons (Fsp3) is 0.326. The number of amides is 3. The van der Waals surface area contributed by atoms with E-state index in [1.54, 1.807) is 29.5 Å². The molecule has 0 bridgehead atoms. The predicted octanol–water partition coefficient (Wildman–Crippen LogP) is 7.76. The first-order valence-corrected chi connectivity index (χ1v) is 20.3. The summed E-state index contributed by atoms with van der Waals surface area (Å²) in [5.41, 5.74) is 5.12. The van der Waals surface area contributed by atoms with Crippen LogP contribution in [-0.2, 0) is 20.7 Å². The molecule has 0 fully saturated rings. The van der Waals surface area contributed by atoms with Gasteiger partial charge in [0.15, 0.2) is 5.82 Å². The third kappa shape index (κ3) is 8.90. The van der Waals surface area contributed by atoms with E-state index in [1.165, 1.54) is 10.9 Å². The van der Waals surface area contributed by atoms with Gasteiger partial charge in [-0.25, -0.2) is 0 Å². The Hall–Kier alpha value is -5.50. The highest BCUT2D eigenvalue weighted by Gasteiger charge is 2.34. The lowest BCUT2D eigenvalue weighted by atomic mass is 9.98. The molecule has 1 atom stereocenters. The molecule has 294 valence electrons. The van der Waals surface area contributed by atoms with Gasteiger partial charge >= 0.3 is 0 Å². The number of fused-ring (bicyclic) bond motifs is 4. The molecule has 0 radical (unpaired) electrons. The van der Waals surface area contributed by atoms with Crippen LogP contribution in [0.25, 0.3) is 5.00 Å². The summed E-state index contributed by atoms with van der Waals surface area (Å²) < 4.78 is 13.9. The number of carbonyl (C=O) groups excluding carboxylic acids is 4. The van der Waals surface area contributed by atoms with Gasteiger partial charge in [-0.05, 0) is 87.6 Å². The SMILES string of the molecule is Cc1sc2c(c1C)C(c1ccc(Cl)cc1)=N[C@@H](CC(=O)NCCOCCCCCCCc1cccc(Oc3cccc4c3C(=O)NC(=O)C4=O)c1)c1nnc(C)n1-2. The maximum absolute atomic E-state index is 13.2. The van der Waals surface area contributed by atoms with E-state index in [2.05, 4.69) is 34.7 Å². The number of hydrogen-bond donors (Lipinski definition) is 2. The number of ether oxygens (including phenoxy) is 2. The standard InChI is InChI=1S/C43H43ClN6O6S/c1-25-26(2)57-43-36(25)38(29-16-18-30(44)19-17-29)46-33(40-49-48-27(3)50(40)43)24-35(51)45-20-22-55-21-8-6-4-5-7-11-28-12-9-13-31(23-28)56-34-15-10-14-32-37(34)41(53)47-42(54)39(32)52/h9-10,12-19,23,33H,4-8,11,20-22,24H2,1-3H3,(H,45,51)(H,47,53,54)/t33-/m0/s1. The second kappa shape index (κ2) is 17.7. The largest absolute Gasteiger partial charge is 0.457 e. The average Bonchev–Trinajstić information content (AvgIpc) is 3.67. The van der Waals surface area contributed by atoms with Crippen LogP contribution in [0.5, 0.6) is 11.5 Å². The molecule has 0 spiro atoms. The average molecular weight is 807 g/mol. The summed E-state index contributed by atoms with van der Waals surface area (Å²) in [4.78, 5) is 56.0. The van der Waals surface area contributed by atoms with E-state index in [4.69, 9.17) is 26.1 Å². The number of imide groups is 1. The first-order valence-electron chi connectivity index (χ1n) is 19.1. The van der Waals surface area contributed by atoms with Crippen molar-refractivity contribution in [1.29, 1.82) is 0 Å². The summed E-state index contributed by atoms with van der Waals surface area (Å²) in [6, 6.07) is 19.4. The number of aryl methyl sites for hydroxylation is 3. The highest BCUT2D eigenvalue weighted by atomic mass is 35.5. The summed E-state index contributed by atoms with van der Waals surface area (Å²) in [7, 11) is 0. The number of aliphatic imine (C=N–C) groups is 1. The summed E-state index contributed by atoms with van der Waals surface area (Å²) in [6.07, 6.45) is 6.11. The summed E-state index contributed by atoms with van der Waals surface area (Å²) >= 11 is 7.90. The van der Waals surface area contributed by atoms with Crippen LogP contribution < -0.4 is 15.4 Å². The Morgan fingerprint density at radius 3 is 2.49 bits per heavy atom. The minimum atomic E-state index is -0.936. The van der Waals surface area contributed by atoms with E-state index in [0.717, 1.165) is 77.3 Å². The van der Waals surface area contributed by atoms with Gasteiger partial charge in [0.2, 0.25) is 5.91 Å². The smallest absolute Gasteiger partial charge is 0.299 e. The molecular weight excluding hydrogens is 764 g/mol. The molecule has 3 amide bonds. The molecule has 4 heterocycles. The molecule has 7 rings (SSSR count). The van der Waals surface area contributed by atoms with Gasteiger partial charge in [0.25, 0.3) is 17.6 Å². The van der Waals surface area contributed by atoms with Crippen LogP contribution in [0.15, 0.2) is 71.7 Å². The Balaban J connectivity index is 0.824. The maximum Gasteiger partial charge on any atom is 0.299 e. The zero-order chi connectivity index (χ0) is 40.1. The van der Waals surface area contributed by atoms with Crippen LogP contribution in [0.2, 0.25) is 5.02 Å². The molecule has 3 aromatic carbocycles. The number of rotatable bonds is 16. The third-order valence-corrected chi connectivity index (χ3v) is 11.6. The molecule has 14 heteroatoms. The molecule has 0 aliphatic carbocycles. The summed E-state index contributed by atoms with van der Waals surface area (Å²) in [5.74, 6) is -0.305. The highest BCUT2D eigenvalue weighted by Crippen LogP contribution is 2.39. The van der Waals surface area contributed by atoms with Gasteiger partial charge in [-0.3, -0.25) is 34.1 Å². The highest BCUT2D eigenvalue weighted by molar-refractivity contribution is 7.15. The number of hydrogen-bond acceptors (Lipinski definition) is 10. The molecule has 0 saturated carbocycles. The monoisotopic (exact) mass is 806 g/mol. The number of benzene rings is 3. The van der Waals surface area contributed by atoms with Gasteiger partial charge in [-0.1, -0.05) is 61.2 Å². The first-order chi connectivity index (χ1) is 27.6. The lowest BCUT2D eigenvalue weighted by Gasteiger charge is -2.17. The maximum atomic E-state index is 13.2. The molecular formula is C43H43ClN6O6S. The van der Waals surface area contributed by atoms with Crippen LogP contribution >= 0.6 is 22.9 Å². The van der Waals surface area contributed by atoms with Crippen LogP contribution in [0.3, 0.4) is 0 Å². The van der Waals surface area contributed by atoms with Gasteiger partial charge in [0, 0.05) is 39.7 Å². The number of thiophene rings is 1. The number of unbranched alkanes of at least 4 members (excludes halogenated alkanes) is 4. The van der Waals surface area contributed by atoms with Crippen molar-refractivity contribution in [3.8, 4) is 16.5 Å². The van der Waals surface area contributed by atoms with Crippen molar-refractivity contribution in [1.82, 2.24) is 25.4 Å². The van der Waals surface area contributed by atoms with E-state index in [9.17, 15) is 19.2 Å². The Bertz CT molecular complexity index is 2370. The van der Waals surface area contributed by atoms with E-state index in [-0.39, 0.29) is 29.2 Å². The normalized spacial score (nSPS) is 14.6. The van der Waals surface area contributed by atoms with E-state index in [0.29, 0.717) is 36.4 Å². The molecule has 2 aliphatic heterocycles. The molecule has 2 N–H and O–H groups in total. The van der Waals surface area contributed by atoms with Crippen molar-refractivity contribution >= 4 is 52.2 Å². The number of nitrogens with one attached hydrogen (secondary N) is 2. The molecule has 57 heavy (non-hydrogen) atoms. The van der Waals surface area contributed by atoms with Crippen LogP contribution in [0, 0.1) is 20.8 Å². The van der Waals surface area contributed by atoms with Crippen molar-refractivity contribution in [3.05, 3.63) is 122 Å². The van der Waals surface area contributed by atoms with Crippen LogP contribution in [-0.4, -0.2) is 63.7 Å². The Morgan fingerprint density at radius 1 is 0.895 bits per heavy atom. The molecule has 2 aliphatic rings. The summed E-state index contributed by atoms with van der Waals surface area (Å²) in [5, 5.41) is 15.6. The number of nitrogens with zero attached hydrogens (tertiary/aromatic N) is 4. The Labute approximate surface area is 339 Å². The summed E-state index contributed by atoms with van der Waals surface area (Å²) in [6.45, 7) is 7.57. The molecule has 5 aromatic rings. The van der Waals surface area contributed by atoms with Crippen molar-refractivity contribution in [2.75, 3.05) is 19.8 Å². The Kier molecular flexibility index (Phi) is 12.4. The van der Waals surface area contributed by atoms with Crippen molar-refractivity contribution in [2.45, 2.75) is 71.8 Å². The number of carbonyl (C=O) groups is 4. The van der Waals surface area contributed by atoms with Gasteiger partial charge < -0.3 is 14.8 Å². The van der Waals surface area contributed by atoms with Crippen molar-refractivity contribution in [3.63, 3.8) is 0 Å². The number of Topliss-reactive ketones (excluding diaryl/α,β-unsaturated/α-hetero) is 1. The zero-order valence-electron chi connectivity index (χ0n) is 32.0. The minimum absolute atomic E-state index is 0.0429. The fourth-order valence-corrected chi connectivity index (χ4v) is 8.42. The van der Waals surface area contributed by atoms with Gasteiger partial charge in [0.05, 0.1) is 24.3 Å². The second-order valence-electron chi connectivity index (χ2n) is 14.1. The molecule has 0 saturated heterocycles. The van der Waals surface area contributed by atoms with Gasteiger partial charge in [-0.15, -0.1) is 21.5 Å². The predicted molar refractivity (Wildman–Crippen MR) is 218 cm³/mol. The number of ketones is 1. The Morgan fingerprint density at radius 2 is 1.67 bits per heavy atom. The third-order valence-electron chi connectivity index (χ3n) is 10.1. The van der Waals surface area contributed by atoms with Gasteiger partial charge in [0.1, 0.15) is 28.4 Å². The van der Waals surface area contributed by atoms with E-state index in [1.807, 2.05) is 54.0 Å². The van der Waals surface area contributed by atoms with Gasteiger partial charge in [-0.2, -0.15) is 0 Å². The first kappa shape index (κ1) is 39.7. The quantitative estimate of drug-likeness (QED) is 0.0583. The number of aromatic nitrogens is 3. The van der Waals surface area contributed by atoms with Crippen LogP contribution in [0.1, 0.15) is 104 Å². The fourth-order valence-electron chi connectivity index (χ4n) is 7.08. The number of halogens is 1. The molecule has 0 unspecified atom stereocenters. The van der Waals surface area contributed by atoms with Crippen molar-refractivity contribution < 1.29 is 28.7 Å². The lowest BCUT2D eigenvalue weighted by molar-refractivity contribution is -0.121. The lowest BCUT2D eigenvalue weighted by Crippen LogP contribution is -2.42.